The van der Waals surface area contributed by atoms with E-state index in [-0.39, 0.29) is 6.42 Å². The number of hydrogen-bond acceptors (Lipinski definition) is 3. The van der Waals surface area contributed by atoms with Crippen molar-refractivity contribution in [3.63, 3.8) is 0 Å². The molecule has 0 heterocycles. The molecular weight excluding hydrogens is 247 g/mol. The molecule has 0 aliphatic carbocycles. The molecule has 0 spiro atoms. The van der Waals surface area contributed by atoms with E-state index in [1.807, 2.05) is 19.0 Å². The molecule has 0 saturated heterocycles. The van der Waals surface area contributed by atoms with Gasteiger partial charge in [0.05, 0.1) is 6.42 Å². The van der Waals surface area contributed by atoms with Crippen molar-refractivity contribution >= 4 is 11.7 Å². The van der Waals surface area contributed by atoms with Gasteiger partial charge >= 0.3 is 12.1 Å². The van der Waals surface area contributed by atoms with E-state index in [2.05, 4.69) is 4.74 Å². The van der Waals surface area contributed by atoms with Crippen LogP contribution < -0.4 is 4.90 Å². The van der Waals surface area contributed by atoms with Gasteiger partial charge in [0, 0.05) is 19.8 Å². The van der Waals surface area contributed by atoms with E-state index in [0.717, 1.165) is 5.69 Å². The van der Waals surface area contributed by atoms with Gasteiger partial charge in [0.15, 0.2) is 6.61 Å². The van der Waals surface area contributed by atoms with Gasteiger partial charge in [0.25, 0.3) is 0 Å². The molecule has 0 aliphatic rings. The molecule has 0 aromatic heterocycles. The Morgan fingerprint density at radius 2 is 1.78 bits per heavy atom. The van der Waals surface area contributed by atoms with Gasteiger partial charge in [-0.3, -0.25) is 4.79 Å². The standard InChI is InChI=1S/C12H14F3NO2/c1-16(2)10-5-3-9(4-6-10)7-11(17)18-8-12(13,14)15/h3-6H,7-8H2,1-2H3. The molecule has 0 amide bonds. The molecule has 0 saturated carbocycles. The maximum absolute atomic E-state index is 11.8. The van der Waals surface area contributed by atoms with Crippen LogP contribution in [0.3, 0.4) is 0 Å². The first-order valence-electron chi connectivity index (χ1n) is 5.26. The summed E-state index contributed by atoms with van der Waals surface area (Å²) in [7, 11) is 3.74. The molecule has 0 bridgehead atoms. The highest BCUT2D eigenvalue weighted by Gasteiger charge is 2.29. The van der Waals surface area contributed by atoms with Crippen molar-refractivity contribution in [1.29, 1.82) is 0 Å². The Morgan fingerprint density at radius 3 is 2.22 bits per heavy atom. The summed E-state index contributed by atoms with van der Waals surface area (Å²) in [5, 5.41) is 0. The molecule has 18 heavy (non-hydrogen) atoms. The zero-order chi connectivity index (χ0) is 13.8. The van der Waals surface area contributed by atoms with Crippen LogP contribution in [0.5, 0.6) is 0 Å². The van der Waals surface area contributed by atoms with E-state index < -0.39 is 18.8 Å². The van der Waals surface area contributed by atoms with Crippen molar-refractivity contribution in [3.8, 4) is 0 Å². The quantitative estimate of drug-likeness (QED) is 0.779. The molecule has 0 N–H and O–H groups in total. The first-order valence-corrected chi connectivity index (χ1v) is 5.26. The Morgan fingerprint density at radius 1 is 1.22 bits per heavy atom. The van der Waals surface area contributed by atoms with Crippen molar-refractivity contribution in [2.24, 2.45) is 0 Å². The Balaban J connectivity index is 2.50. The first kappa shape index (κ1) is 14.3. The van der Waals surface area contributed by atoms with Crippen molar-refractivity contribution in [2.45, 2.75) is 12.6 Å². The van der Waals surface area contributed by atoms with Crippen LogP contribution >= 0.6 is 0 Å². The summed E-state index contributed by atoms with van der Waals surface area (Å²) in [4.78, 5) is 13.0. The summed E-state index contributed by atoms with van der Waals surface area (Å²) in [6.45, 7) is -1.54. The van der Waals surface area contributed by atoms with Gasteiger partial charge in [-0.05, 0) is 17.7 Å². The highest BCUT2D eigenvalue weighted by atomic mass is 19.4. The van der Waals surface area contributed by atoms with Gasteiger partial charge in [0.2, 0.25) is 0 Å². The second-order valence-corrected chi connectivity index (χ2v) is 4.01. The third kappa shape index (κ3) is 5.07. The largest absolute Gasteiger partial charge is 0.456 e. The fourth-order valence-electron chi connectivity index (χ4n) is 1.29. The van der Waals surface area contributed by atoms with E-state index in [0.29, 0.717) is 5.56 Å². The number of halogens is 3. The van der Waals surface area contributed by atoms with Gasteiger partial charge < -0.3 is 9.64 Å². The monoisotopic (exact) mass is 261 g/mol. The lowest BCUT2D eigenvalue weighted by Crippen LogP contribution is -2.21. The average Bonchev–Trinajstić information content (AvgIpc) is 2.26. The highest BCUT2D eigenvalue weighted by Crippen LogP contribution is 2.16. The molecule has 100 valence electrons. The fourth-order valence-corrected chi connectivity index (χ4v) is 1.29. The second-order valence-electron chi connectivity index (χ2n) is 4.01. The van der Waals surface area contributed by atoms with Crippen molar-refractivity contribution in [3.05, 3.63) is 29.8 Å². The number of ether oxygens (including phenoxy) is 1. The number of alkyl halides is 3. The zero-order valence-electron chi connectivity index (χ0n) is 10.1. The summed E-state index contributed by atoms with van der Waals surface area (Å²) in [6, 6.07) is 6.94. The summed E-state index contributed by atoms with van der Waals surface area (Å²) in [5.41, 5.74) is 1.56. The minimum absolute atomic E-state index is 0.163. The summed E-state index contributed by atoms with van der Waals surface area (Å²) < 4.78 is 39.6. The van der Waals surface area contributed by atoms with Crippen molar-refractivity contribution in [2.75, 3.05) is 25.6 Å². The number of hydrogen-bond donors (Lipinski definition) is 0. The van der Waals surface area contributed by atoms with Crippen LogP contribution in [0.25, 0.3) is 0 Å². The maximum atomic E-state index is 11.8. The summed E-state index contributed by atoms with van der Waals surface area (Å²) in [5.74, 6) is -0.884. The van der Waals surface area contributed by atoms with Crippen LogP contribution in [-0.4, -0.2) is 32.8 Å². The Labute approximate surface area is 103 Å². The van der Waals surface area contributed by atoms with Gasteiger partial charge in [-0.25, -0.2) is 0 Å². The lowest BCUT2D eigenvalue weighted by molar-refractivity contribution is -0.185. The maximum Gasteiger partial charge on any atom is 0.422 e. The molecular formula is C12H14F3NO2. The molecule has 0 aliphatic heterocycles. The summed E-state index contributed by atoms with van der Waals surface area (Å²) in [6.07, 6.45) is -4.64. The van der Waals surface area contributed by atoms with Crippen LogP contribution in [0, 0.1) is 0 Å². The number of anilines is 1. The molecule has 0 unspecified atom stereocenters. The predicted octanol–water partition coefficient (Wildman–Crippen LogP) is 2.40. The van der Waals surface area contributed by atoms with E-state index in [9.17, 15) is 18.0 Å². The van der Waals surface area contributed by atoms with Crippen molar-refractivity contribution < 1.29 is 22.7 Å². The fraction of sp³-hybridized carbons (Fsp3) is 0.417. The Bertz CT molecular complexity index is 399. The lowest BCUT2D eigenvalue weighted by atomic mass is 10.1. The molecule has 1 aromatic carbocycles. The second kappa shape index (κ2) is 5.75. The smallest absolute Gasteiger partial charge is 0.422 e. The molecule has 0 atom stereocenters. The topological polar surface area (TPSA) is 29.5 Å². The number of esters is 1. The van der Waals surface area contributed by atoms with Crippen LogP contribution in [0.15, 0.2) is 24.3 Å². The van der Waals surface area contributed by atoms with Gasteiger partial charge in [-0.15, -0.1) is 0 Å². The van der Waals surface area contributed by atoms with Crippen LogP contribution in [-0.2, 0) is 16.0 Å². The molecule has 3 nitrogen and oxygen atoms in total. The Hall–Kier alpha value is -1.72. The molecule has 0 fully saturated rings. The number of benzene rings is 1. The SMILES string of the molecule is CN(C)c1ccc(CC(=O)OCC(F)(F)F)cc1. The minimum atomic E-state index is -4.48. The van der Waals surface area contributed by atoms with Gasteiger partial charge in [-0.1, -0.05) is 12.1 Å². The lowest BCUT2D eigenvalue weighted by Gasteiger charge is -2.12. The van der Waals surface area contributed by atoms with E-state index in [1.54, 1.807) is 24.3 Å². The molecule has 0 radical (unpaired) electrons. The Kier molecular flexibility index (Phi) is 4.58. The van der Waals surface area contributed by atoms with E-state index in [1.165, 1.54) is 0 Å². The number of carbonyl (C=O) groups excluding carboxylic acids is 1. The number of carbonyl (C=O) groups is 1. The molecule has 1 rings (SSSR count). The third-order valence-electron chi connectivity index (χ3n) is 2.20. The number of nitrogens with zero attached hydrogens (tertiary/aromatic N) is 1. The van der Waals surface area contributed by atoms with Crippen LogP contribution in [0.2, 0.25) is 0 Å². The predicted molar refractivity (Wildman–Crippen MR) is 61.5 cm³/mol. The third-order valence-corrected chi connectivity index (χ3v) is 2.20. The molecule has 1 aromatic rings. The number of rotatable bonds is 4. The normalized spacial score (nSPS) is 11.2. The zero-order valence-corrected chi connectivity index (χ0v) is 10.1. The highest BCUT2D eigenvalue weighted by molar-refractivity contribution is 5.72. The van der Waals surface area contributed by atoms with E-state index in [4.69, 9.17) is 0 Å². The first-order chi connectivity index (χ1) is 8.28. The molecule has 6 heteroatoms. The van der Waals surface area contributed by atoms with Gasteiger partial charge in [0.1, 0.15) is 0 Å². The van der Waals surface area contributed by atoms with Crippen LogP contribution in [0.4, 0.5) is 18.9 Å². The van der Waals surface area contributed by atoms with Gasteiger partial charge in [-0.2, -0.15) is 13.2 Å². The minimum Gasteiger partial charge on any atom is -0.456 e. The van der Waals surface area contributed by atoms with Crippen LogP contribution in [0.1, 0.15) is 5.56 Å². The average molecular weight is 261 g/mol. The summed E-state index contributed by atoms with van der Waals surface area (Å²) >= 11 is 0. The van der Waals surface area contributed by atoms with E-state index >= 15 is 0 Å². The van der Waals surface area contributed by atoms with Crippen molar-refractivity contribution in [1.82, 2.24) is 0 Å².